The first-order valence-corrected chi connectivity index (χ1v) is 8.72. The fourth-order valence-corrected chi connectivity index (χ4v) is 3.57. The van der Waals surface area contributed by atoms with E-state index in [1.807, 2.05) is 17.0 Å². The van der Waals surface area contributed by atoms with E-state index < -0.39 is 0 Å². The summed E-state index contributed by atoms with van der Waals surface area (Å²) < 4.78 is 0. The van der Waals surface area contributed by atoms with E-state index >= 15 is 0 Å². The van der Waals surface area contributed by atoms with Gasteiger partial charge in [-0.2, -0.15) is 0 Å². The third kappa shape index (κ3) is 2.94. The maximum Gasteiger partial charge on any atom is 0.258 e. The van der Waals surface area contributed by atoms with Gasteiger partial charge in [0, 0.05) is 12.2 Å². The van der Waals surface area contributed by atoms with Crippen LogP contribution in [0, 0.1) is 0 Å². The predicted octanol–water partition coefficient (Wildman–Crippen LogP) is 2.48. The Bertz CT molecular complexity index is 1030. The van der Waals surface area contributed by atoms with E-state index in [-0.39, 0.29) is 24.1 Å². The number of rotatable bonds is 3. The van der Waals surface area contributed by atoms with Crippen LogP contribution in [-0.4, -0.2) is 33.9 Å². The van der Waals surface area contributed by atoms with Crippen LogP contribution in [0.3, 0.4) is 0 Å². The highest BCUT2D eigenvalue weighted by molar-refractivity contribution is 5.84. The molecule has 1 amide bonds. The molecular formula is C20H20N4O2. The van der Waals surface area contributed by atoms with Crippen molar-refractivity contribution in [3.05, 3.63) is 70.3 Å². The van der Waals surface area contributed by atoms with Crippen molar-refractivity contribution < 1.29 is 4.79 Å². The minimum absolute atomic E-state index is 0.0611. The van der Waals surface area contributed by atoms with Crippen LogP contribution in [-0.2, 0) is 11.2 Å². The third-order valence-corrected chi connectivity index (χ3v) is 5.00. The molecule has 0 fully saturated rings. The second kappa shape index (κ2) is 6.63. The molecule has 0 aliphatic carbocycles. The number of nitrogens with one attached hydrogen (secondary N) is 2. The van der Waals surface area contributed by atoms with Gasteiger partial charge in [0.05, 0.1) is 29.8 Å². The number of carbonyl (C=O) groups excluding carboxylic acids is 1. The molecule has 1 aliphatic heterocycles. The van der Waals surface area contributed by atoms with Gasteiger partial charge in [-0.3, -0.25) is 9.59 Å². The molecule has 0 saturated heterocycles. The number of nitrogens with zero attached hydrogens (tertiary/aromatic N) is 2. The Morgan fingerprint density at radius 3 is 3.04 bits per heavy atom. The molecule has 0 saturated carbocycles. The molecule has 6 heteroatoms. The fraction of sp³-hybridized carbons (Fsp3) is 0.250. The van der Waals surface area contributed by atoms with Gasteiger partial charge in [0.15, 0.2) is 0 Å². The van der Waals surface area contributed by atoms with Crippen molar-refractivity contribution in [2.45, 2.75) is 19.4 Å². The van der Waals surface area contributed by atoms with Crippen LogP contribution in [0.15, 0.2) is 53.6 Å². The third-order valence-electron chi connectivity index (χ3n) is 5.00. The summed E-state index contributed by atoms with van der Waals surface area (Å²) >= 11 is 0. The zero-order valence-electron chi connectivity index (χ0n) is 14.5. The van der Waals surface area contributed by atoms with Crippen molar-refractivity contribution in [1.82, 2.24) is 14.9 Å². The number of amides is 1. The first kappa shape index (κ1) is 16.3. The first-order valence-electron chi connectivity index (χ1n) is 8.72. The van der Waals surface area contributed by atoms with Crippen molar-refractivity contribution in [2.24, 2.45) is 0 Å². The highest BCUT2D eigenvalue weighted by atomic mass is 16.2. The minimum atomic E-state index is -0.168. The zero-order chi connectivity index (χ0) is 18.1. The number of fused-ring (bicyclic) bond motifs is 2. The number of hydrogen-bond donors (Lipinski definition) is 2. The Morgan fingerprint density at radius 2 is 2.15 bits per heavy atom. The normalized spacial score (nSPS) is 16.3. The van der Waals surface area contributed by atoms with Gasteiger partial charge in [-0.05, 0) is 42.7 Å². The van der Waals surface area contributed by atoms with E-state index in [0.717, 1.165) is 18.7 Å². The summed E-state index contributed by atoms with van der Waals surface area (Å²) in [6.45, 7) is 3.01. The molecule has 2 heterocycles. The van der Waals surface area contributed by atoms with Crippen molar-refractivity contribution >= 4 is 22.5 Å². The second-order valence-corrected chi connectivity index (χ2v) is 6.53. The van der Waals surface area contributed by atoms with Crippen molar-refractivity contribution in [3.63, 3.8) is 0 Å². The van der Waals surface area contributed by atoms with E-state index in [1.165, 1.54) is 17.5 Å². The van der Waals surface area contributed by atoms with Gasteiger partial charge in [-0.25, -0.2) is 4.98 Å². The molecule has 2 aromatic carbocycles. The van der Waals surface area contributed by atoms with Gasteiger partial charge >= 0.3 is 0 Å². The van der Waals surface area contributed by atoms with Crippen molar-refractivity contribution in [3.8, 4) is 0 Å². The largest absolute Gasteiger partial charge is 0.376 e. The summed E-state index contributed by atoms with van der Waals surface area (Å²) in [5.74, 6) is 0.0611. The lowest BCUT2D eigenvalue weighted by Gasteiger charge is -2.35. The molecule has 2 N–H and O–H groups in total. The quantitative estimate of drug-likeness (QED) is 0.762. The number of aromatic nitrogens is 2. The first-order chi connectivity index (χ1) is 12.6. The van der Waals surface area contributed by atoms with Crippen LogP contribution >= 0.6 is 0 Å². The Hall–Kier alpha value is -3.15. The summed E-state index contributed by atoms with van der Waals surface area (Å²) in [6, 6.07) is 13.7. The molecular weight excluding hydrogens is 328 g/mol. The maximum absolute atomic E-state index is 12.7. The average Bonchev–Trinajstić information content (AvgIpc) is 2.67. The van der Waals surface area contributed by atoms with E-state index in [9.17, 15) is 9.59 Å². The Morgan fingerprint density at radius 1 is 1.31 bits per heavy atom. The van der Waals surface area contributed by atoms with Gasteiger partial charge in [0.2, 0.25) is 5.91 Å². The minimum Gasteiger partial charge on any atom is -0.376 e. The summed E-state index contributed by atoms with van der Waals surface area (Å²) in [4.78, 5) is 33.1. The lowest BCUT2D eigenvalue weighted by molar-refractivity contribution is -0.131. The summed E-state index contributed by atoms with van der Waals surface area (Å²) in [7, 11) is 0. The second-order valence-electron chi connectivity index (χ2n) is 6.53. The average molecular weight is 348 g/mol. The number of hydrogen-bond acceptors (Lipinski definition) is 4. The van der Waals surface area contributed by atoms with Crippen LogP contribution in [0.5, 0.6) is 0 Å². The summed E-state index contributed by atoms with van der Waals surface area (Å²) in [5, 5.41) is 3.69. The van der Waals surface area contributed by atoms with E-state index in [2.05, 4.69) is 34.3 Å². The highest BCUT2D eigenvalue weighted by Gasteiger charge is 2.26. The molecule has 26 heavy (non-hydrogen) atoms. The molecule has 0 radical (unpaired) electrons. The van der Waals surface area contributed by atoms with Gasteiger partial charge < -0.3 is 15.2 Å². The standard InChI is InChI=1S/C20H20N4O2/c1-13-16-5-3-2-4-14(16)8-9-24(13)19(25)11-21-15-6-7-17-18(10-15)22-12-23-20(17)26/h2-7,10,12-13,21H,8-9,11H2,1H3,(H,22,23,26). The smallest absolute Gasteiger partial charge is 0.258 e. The Balaban J connectivity index is 1.47. The van der Waals surface area contributed by atoms with Gasteiger partial charge in [0.1, 0.15) is 0 Å². The van der Waals surface area contributed by atoms with Crippen LogP contribution in [0.25, 0.3) is 10.9 Å². The fourth-order valence-electron chi connectivity index (χ4n) is 3.57. The van der Waals surface area contributed by atoms with Crippen LogP contribution in [0.1, 0.15) is 24.1 Å². The number of carbonyl (C=O) groups is 1. The van der Waals surface area contributed by atoms with E-state index in [4.69, 9.17) is 0 Å². The Kier molecular flexibility index (Phi) is 4.16. The molecule has 0 spiro atoms. The topological polar surface area (TPSA) is 78.1 Å². The van der Waals surface area contributed by atoms with Crippen molar-refractivity contribution in [1.29, 1.82) is 0 Å². The van der Waals surface area contributed by atoms with Gasteiger partial charge in [-0.1, -0.05) is 24.3 Å². The van der Waals surface area contributed by atoms with Crippen LogP contribution in [0.4, 0.5) is 5.69 Å². The number of benzene rings is 2. The SMILES string of the molecule is CC1c2ccccc2CCN1C(=O)CNc1ccc2c(=O)[nH]cnc2c1. The van der Waals surface area contributed by atoms with E-state index in [1.54, 1.807) is 18.2 Å². The molecule has 1 unspecified atom stereocenters. The number of aromatic amines is 1. The van der Waals surface area contributed by atoms with Crippen LogP contribution in [0.2, 0.25) is 0 Å². The van der Waals surface area contributed by atoms with Gasteiger partial charge in [-0.15, -0.1) is 0 Å². The number of anilines is 1. The zero-order valence-corrected chi connectivity index (χ0v) is 14.5. The lowest BCUT2D eigenvalue weighted by atomic mass is 9.93. The molecule has 1 atom stereocenters. The molecule has 0 bridgehead atoms. The molecule has 132 valence electrons. The number of H-pyrrole nitrogens is 1. The lowest BCUT2D eigenvalue weighted by Crippen LogP contribution is -2.41. The summed E-state index contributed by atoms with van der Waals surface area (Å²) in [6.07, 6.45) is 2.27. The predicted molar refractivity (Wildman–Crippen MR) is 101 cm³/mol. The molecule has 1 aromatic heterocycles. The molecule has 4 rings (SSSR count). The summed E-state index contributed by atoms with van der Waals surface area (Å²) in [5.41, 5.74) is 3.75. The monoisotopic (exact) mass is 348 g/mol. The highest BCUT2D eigenvalue weighted by Crippen LogP contribution is 2.29. The maximum atomic E-state index is 12.7. The van der Waals surface area contributed by atoms with E-state index in [0.29, 0.717) is 10.9 Å². The Labute approximate surface area is 150 Å². The molecule has 3 aromatic rings. The molecule has 6 nitrogen and oxygen atoms in total. The molecule has 1 aliphatic rings. The van der Waals surface area contributed by atoms with Crippen molar-refractivity contribution in [2.75, 3.05) is 18.4 Å². The van der Waals surface area contributed by atoms with Crippen LogP contribution < -0.4 is 10.9 Å². The van der Waals surface area contributed by atoms with Gasteiger partial charge in [0.25, 0.3) is 5.56 Å².